The van der Waals surface area contributed by atoms with Gasteiger partial charge in [-0.1, -0.05) is 23.2 Å². The van der Waals surface area contributed by atoms with Gasteiger partial charge in [0.1, 0.15) is 11.6 Å². The van der Waals surface area contributed by atoms with Gasteiger partial charge in [0.15, 0.2) is 0 Å². The molecule has 0 radical (unpaired) electrons. The first-order valence-electron chi connectivity index (χ1n) is 6.33. The van der Waals surface area contributed by atoms with E-state index in [1.54, 1.807) is 25.6 Å². The Morgan fingerprint density at radius 2 is 1.86 bits per heavy atom. The summed E-state index contributed by atoms with van der Waals surface area (Å²) in [4.78, 5) is 8.85. The molecule has 3 rings (SSSR count). The third kappa shape index (κ3) is 2.24. The molecule has 0 atom stereocenters. The third-order valence-electron chi connectivity index (χ3n) is 3.55. The number of aromatic nitrogens is 3. The third-order valence-corrected chi connectivity index (χ3v) is 4.27. The average Bonchev–Trinajstić information content (AvgIpc) is 2.77. The number of ether oxygens (including phenoxy) is 1. The van der Waals surface area contributed by atoms with Crippen LogP contribution in [0.15, 0.2) is 24.5 Å². The number of halogens is 2. The van der Waals surface area contributed by atoms with Crippen LogP contribution in [-0.2, 0) is 7.05 Å². The van der Waals surface area contributed by atoms with E-state index >= 15 is 0 Å². The molecule has 0 saturated carbocycles. The molecule has 3 aromatic rings. The van der Waals surface area contributed by atoms with Gasteiger partial charge in [-0.25, -0.2) is 4.98 Å². The molecule has 0 saturated heterocycles. The highest BCUT2D eigenvalue weighted by Crippen LogP contribution is 2.33. The lowest BCUT2D eigenvalue weighted by molar-refractivity contribution is 0.410. The summed E-state index contributed by atoms with van der Waals surface area (Å²) in [5, 5.41) is 1.01. The molecular formula is C15H13Cl2N3O. The first-order chi connectivity index (χ1) is 10.0. The Balaban J connectivity index is 2.29. The van der Waals surface area contributed by atoms with Crippen molar-refractivity contribution in [3.63, 3.8) is 0 Å². The standard InChI is InChI=1S/C15H13Cl2N3O/c1-8-9(6-18-7-14(8)21-3)15-19-12-4-10(16)11(17)5-13(12)20(15)2/h4-7H,1-3H3. The Morgan fingerprint density at radius 1 is 1.14 bits per heavy atom. The Labute approximate surface area is 132 Å². The molecule has 0 aliphatic carbocycles. The first-order valence-corrected chi connectivity index (χ1v) is 7.09. The van der Waals surface area contributed by atoms with Gasteiger partial charge in [-0.05, 0) is 19.1 Å². The predicted octanol–water partition coefficient (Wildman–Crippen LogP) is 4.26. The molecule has 108 valence electrons. The monoisotopic (exact) mass is 321 g/mol. The van der Waals surface area contributed by atoms with Crippen molar-refractivity contribution in [3.8, 4) is 17.1 Å². The van der Waals surface area contributed by atoms with E-state index in [4.69, 9.17) is 27.9 Å². The summed E-state index contributed by atoms with van der Waals surface area (Å²) in [6, 6.07) is 3.59. The molecule has 0 aliphatic rings. The molecule has 0 unspecified atom stereocenters. The highest BCUT2D eigenvalue weighted by Gasteiger charge is 2.15. The summed E-state index contributed by atoms with van der Waals surface area (Å²) >= 11 is 12.1. The van der Waals surface area contributed by atoms with Crippen molar-refractivity contribution in [1.29, 1.82) is 0 Å². The van der Waals surface area contributed by atoms with Crippen molar-refractivity contribution >= 4 is 34.2 Å². The highest BCUT2D eigenvalue weighted by atomic mass is 35.5. The summed E-state index contributed by atoms with van der Waals surface area (Å²) in [6.07, 6.45) is 3.47. The van der Waals surface area contributed by atoms with Crippen molar-refractivity contribution in [3.05, 3.63) is 40.1 Å². The number of hydrogen-bond donors (Lipinski definition) is 0. The molecule has 2 heterocycles. The van der Waals surface area contributed by atoms with Gasteiger partial charge in [-0.2, -0.15) is 0 Å². The first kappa shape index (κ1) is 14.2. The molecule has 2 aromatic heterocycles. The maximum Gasteiger partial charge on any atom is 0.142 e. The van der Waals surface area contributed by atoms with Crippen LogP contribution in [0.1, 0.15) is 5.56 Å². The van der Waals surface area contributed by atoms with Crippen LogP contribution >= 0.6 is 23.2 Å². The van der Waals surface area contributed by atoms with Crippen molar-refractivity contribution in [2.45, 2.75) is 6.92 Å². The lowest BCUT2D eigenvalue weighted by Crippen LogP contribution is -1.97. The molecule has 6 heteroatoms. The number of benzene rings is 1. The summed E-state index contributed by atoms with van der Waals surface area (Å²) < 4.78 is 7.29. The summed E-state index contributed by atoms with van der Waals surface area (Å²) in [6.45, 7) is 1.98. The summed E-state index contributed by atoms with van der Waals surface area (Å²) in [5.74, 6) is 1.53. The lowest BCUT2D eigenvalue weighted by Gasteiger charge is -2.09. The second-order valence-electron chi connectivity index (χ2n) is 4.76. The van der Waals surface area contributed by atoms with E-state index in [1.807, 2.05) is 24.6 Å². The smallest absolute Gasteiger partial charge is 0.142 e. The molecule has 0 bridgehead atoms. The number of imidazole rings is 1. The molecule has 0 spiro atoms. The number of hydrogen-bond acceptors (Lipinski definition) is 3. The van der Waals surface area contributed by atoms with Gasteiger partial charge in [0, 0.05) is 24.4 Å². The molecule has 21 heavy (non-hydrogen) atoms. The van der Waals surface area contributed by atoms with Crippen LogP contribution in [0.5, 0.6) is 5.75 Å². The van der Waals surface area contributed by atoms with Crippen LogP contribution in [-0.4, -0.2) is 21.6 Å². The van der Waals surface area contributed by atoms with E-state index in [0.29, 0.717) is 10.0 Å². The largest absolute Gasteiger partial charge is 0.495 e. The number of methoxy groups -OCH3 is 1. The average molecular weight is 322 g/mol. The van der Waals surface area contributed by atoms with E-state index in [-0.39, 0.29) is 0 Å². The Bertz CT molecular complexity index is 843. The molecule has 0 fully saturated rings. The second kappa shape index (κ2) is 5.20. The Kier molecular flexibility index (Phi) is 3.51. The number of nitrogens with zero attached hydrogens (tertiary/aromatic N) is 3. The summed E-state index contributed by atoms with van der Waals surface area (Å²) in [7, 11) is 3.57. The maximum absolute atomic E-state index is 6.09. The van der Waals surface area contributed by atoms with Crippen LogP contribution in [0.2, 0.25) is 10.0 Å². The van der Waals surface area contributed by atoms with Gasteiger partial charge >= 0.3 is 0 Å². The number of pyridine rings is 1. The minimum absolute atomic E-state index is 0.495. The number of fused-ring (bicyclic) bond motifs is 1. The van der Waals surface area contributed by atoms with Crippen LogP contribution in [0.25, 0.3) is 22.4 Å². The van der Waals surface area contributed by atoms with Crippen molar-refractivity contribution < 1.29 is 4.74 Å². The van der Waals surface area contributed by atoms with Gasteiger partial charge in [0.25, 0.3) is 0 Å². The van der Waals surface area contributed by atoms with Crippen LogP contribution < -0.4 is 4.74 Å². The number of aryl methyl sites for hydroxylation is 1. The zero-order chi connectivity index (χ0) is 15.1. The zero-order valence-corrected chi connectivity index (χ0v) is 13.3. The molecular weight excluding hydrogens is 309 g/mol. The van der Waals surface area contributed by atoms with E-state index in [0.717, 1.165) is 33.7 Å². The summed E-state index contributed by atoms with van der Waals surface area (Å²) in [5.41, 5.74) is 3.62. The molecule has 0 N–H and O–H groups in total. The minimum atomic E-state index is 0.495. The van der Waals surface area contributed by atoms with Gasteiger partial charge in [0.05, 0.1) is 34.4 Å². The van der Waals surface area contributed by atoms with Crippen molar-refractivity contribution in [2.24, 2.45) is 7.05 Å². The van der Waals surface area contributed by atoms with E-state index in [2.05, 4.69) is 9.97 Å². The van der Waals surface area contributed by atoms with Gasteiger partial charge in [-0.3, -0.25) is 4.98 Å². The SMILES string of the molecule is COc1cncc(-c2nc3cc(Cl)c(Cl)cc3n2C)c1C. The van der Waals surface area contributed by atoms with E-state index in [9.17, 15) is 0 Å². The van der Waals surface area contributed by atoms with Crippen LogP contribution in [0.4, 0.5) is 0 Å². The molecule has 4 nitrogen and oxygen atoms in total. The normalized spacial score (nSPS) is 11.1. The fraction of sp³-hybridized carbons (Fsp3) is 0.200. The molecule has 0 amide bonds. The fourth-order valence-corrected chi connectivity index (χ4v) is 2.68. The maximum atomic E-state index is 6.09. The second-order valence-corrected chi connectivity index (χ2v) is 5.58. The number of rotatable bonds is 2. The Hall–Kier alpha value is -1.78. The molecule has 0 aliphatic heterocycles. The minimum Gasteiger partial charge on any atom is -0.495 e. The fourth-order valence-electron chi connectivity index (χ4n) is 2.37. The topological polar surface area (TPSA) is 39.9 Å². The van der Waals surface area contributed by atoms with E-state index < -0.39 is 0 Å². The quantitative estimate of drug-likeness (QED) is 0.708. The van der Waals surface area contributed by atoms with Crippen LogP contribution in [0, 0.1) is 6.92 Å². The predicted molar refractivity (Wildman–Crippen MR) is 85.3 cm³/mol. The van der Waals surface area contributed by atoms with Gasteiger partial charge < -0.3 is 9.30 Å². The molecule has 1 aromatic carbocycles. The Morgan fingerprint density at radius 3 is 2.57 bits per heavy atom. The van der Waals surface area contributed by atoms with E-state index in [1.165, 1.54) is 0 Å². The zero-order valence-electron chi connectivity index (χ0n) is 11.8. The van der Waals surface area contributed by atoms with Crippen molar-refractivity contribution in [2.75, 3.05) is 7.11 Å². The highest BCUT2D eigenvalue weighted by molar-refractivity contribution is 6.42. The van der Waals surface area contributed by atoms with Gasteiger partial charge in [0.2, 0.25) is 0 Å². The lowest BCUT2D eigenvalue weighted by atomic mass is 10.1. The van der Waals surface area contributed by atoms with Crippen molar-refractivity contribution in [1.82, 2.24) is 14.5 Å². The van der Waals surface area contributed by atoms with Gasteiger partial charge in [-0.15, -0.1) is 0 Å². The van der Waals surface area contributed by atoms with Crippen LogP contribution in [0.3, 0.4) is 0 Å².